The Balaban J connectivity index is 1.92. The van der Waals surface area contributed by atoms with Gasteiger partial charge in [-0.05, 0) is 61.8 Å². The Morgan fingerprint density at radius 1 is 1.40 bits per heavy atom. The molecule has 2 atom stereocenters. The largest absolute Gasteiger partial charge is 0.385 e. The minimum Gasteiger partial charge on any atom is -0.385 e. The van der Waals surface area contributed by atoms with Gasteiger partial charge in [-0.2, -0.15) is 0 Å². The second-order valence-electron chi connectivity index (χ2n) is 6.04. The fourth-order valence-electron chi connectivity index (χ4n) is 2.59. The summed E-state index contributed by atoms with van der Waals surface area (Å²) in [5.74, 6) is 0.970. The van der Waals surface area contributed by atoms with Crippen molar-refractivity contribution in [3.63, 3.8) is 0 Å². The summed E-state index contributed by atoms with van der Waals surface area (Å²) < 4.78 is 18.5. The summed E-state index contributed by atoms with van der Waals surface area (Å²) in [6, 6.07) is 7.72. The van der Waals surface area contributed by atoms with Gasteiger partial charge in [-0.1, -0.05) is 19.1 Å². The number of hydrogen-bond acceptors (Lipinski definition) is 2. The van der Waals surface area contributed by atoms with Crippen LogP contribution in [0.5, 0.6) is 0 Å². The molecule has 2 rings (SSSR count). The molecule has 0 heterocycles. The van der Waals surface area contributed by atoms with E-state index in [1.165, 1.54) is 18.9 Å². The molecule has 1 aliphatic carbocycles. The van der Waals surface area contributed by atoms with E-state index in [9.17, 15) is 4.39 Å². The molecule has 0 aromatic heterocycles. The molecule has 0 bridgehead atoms. The zero-order valence-corrected chi connectivity index (χ0v) is 12.6. The normalized spacial score (nSPS) is 17.9. The monoisotopic (exact) mass is 279 g/mol. The van der Waals surface area contributed by atoms with Crippen molar-refractivity contribution in [2.75, 3.05) is 20.3 Å². The first kappa shape index (κ1) is 15.5. The SMILES string of the molecule is COCCC(C)C(CNC1CC1)Cc1cccc(F)c1. The van der Waals surface area contributed by atoms with E-state index in [-0.39, 0.29) is 5.82 Å². The van der Waals surface area contributed by atoms with Crippen LogP contribution in [0.2, 0.25) is 0 Å². The van der Waals surface area contributed by atoms with Crippen LogP contribution in [0.4, 0.5) is 4.39 Å². The van der Waals surface area contributed by atoms with Crippen molar-refractivity contribution in [2.24, 2.45) is 11.8 Å². The van der Waals surface area contributed by atoms with Crippen LogP contribution in [0.3, 0.4) is 0 Å². The molecule has 1 saturated carbocycles. The van der Waals surface area contributed by atoms with Gasteiger partial charge in [0.25, 0.3) is 0 Å². The molecule has 1 aromatic rings. The lowest BCUT2D eigenvalue weighted by Gasteiger charge is -2.24. The zero-order chi connectivity index (χ0) is 14.4. The number of benzene rings is 1. The quantitative estimate of drug-likeness (QED) is 0.748. The Morgan fingerprint density at radius 2 is 2.20 bits per heavy atom. The van der Waals surface area contributed by atoms with Gasteiger partial charge >= 0.3 is 0 Å². The Labute approximate surface area is 121 Å². The number of halogens is 1. The lowest BCUT2D eigenvalue weighted by Crippen LogP contribution is -2.30. The molecule has 112 valence electrons. The molecule has 2 nitrogen and oxygen atoms in total. The highest BCUT2D eigenvalue weighted by molar-refractivity contribution is 5.17. The summed E-state index contributed by atoms with van der Waals surface area (Å²) in [5.41, 5.74) is 1.09. The van der Waals surface area contributed by atoms with Gasteiger partial charge in [-0.3, -0.25) is 0 Å². The van der Waals surface area contributed by atoms with Crippen molar-refractivity contribution >= 4 is 0 Å². The van der Waals surface area contributed by atoms with Gasteiger partial charge < -0.3 is 10.1 Å². The molecule has 1 aliphatic rings. The number of hydrogen-bond donors (Lipinski definition) is 1. The molecule has 20 heavy (non-hydrogen) atoms. The molecule has 1 fully saturated rings. The standard InChI is InChI=1S/C17H26FNO/c1-13(8-9-20-2)15(12-19-17-6-7-17)10-14-4-3-5-16(18)11-14/h3-5,11,13,15,17,19H,6-10,12H2,1-2H3. The Bertz CT molecular complexity index is 406. The van der Waals surface area contributed by atoms with Gasteiger partial charge in [0.2, 0.25) is 0 Å². The first-order valence-electron chi connectivity index (χ1n) is 7.65. The lowest BCUT2D eigenvalue weighted by molar-refractivity contribution is 0.163. The molecule has 0 amide bonds. The number of methoxy groups -OCH3 is 1. The molecule has 3 heteroatoms. The van der Waals surface area contributed by atoms with Gasteiger partial charge in [-0.25, -0.2) is 4.39 Å². The summed E-state index contributed by atoms with van der Waals surface area (Å²) in [7, 11) is 1.75. The highest BCUT2D eigenvalue weighted by Crippen LogP contribution is 2.24. The Morgan fingerprint density at radius 3 is 2.85 bits per heavy atom. The van der Waals surface area contributed by atoms with Gasteiger partial charge in [0.1, 0.15) is 5.82 Å². The Hall–Kier alpha value is -0.930. The smallest absolute Gasteiger partial charge is 0.123 e. The first-order valence-corrected chi connectivity index (χ1v) is 7.65. The molecule has 1 aromatic carbocycles. The van der Waals surface area contributed by atoms with Crippen LogP contribution in [0.1, 0.15) is 31.7 Å². The fourth-order valence-corrected chi connectivity index (χ4v) is 2.59. The third-order valence-electron chi connectivity index (χ3n) is 4.22. The molecule has 0 spiro atoms. The maximum atomic E-state index is 13.3. The summed E-state index contributed by atoms with van der Waals surface area (Å²) in [4.78, 5) is 0. The number of rotatable bonds is 9. The maximum absolute atomic E-state index is 13.3. The van der Waals surface area contributed by atoms with E-state index in [1.807, 2.05) is 6.07 Å². The topological polar surface area (TPSA) is 21.3 Å². The predicted molar refractivity (Wildman–Crippen MR) is 80.3 cm³/mol. The van der Waals surface area contributed by atoms with Crippen LogP contribution in [0.15, 0.2) is 24.3 Å². The highest BCUT2D eigenvalue weighted by atomic mass is 19.1. The second-order valence-corrected chi connectivity index (χ2v) is 6.04. The van der Waals surface area contributed by atoms with Crippen molar-refractivity contribution in [1.82, 2.24) is 5.32 Å². The van der Waals surface area contributed by atoms with Crippen molar-refractivity contribution in [3.05, 3.63) is 35.6 Å². The van der Waals surface area contributed by atoms with Crippen LogP contribution >= 0.6 is 0 Å². The fraction of sp³-hybridized carbons (Fsp3) is 0.647. The molecule has 0 aliphatic heterocycles. The van der Waals surface area contributed by atoms with Gasteiger partial charge in [0.05, 0.1) is 0 Å². The minimum atomic E-state index is -0.138. The van der Waals surface area contributed by atoms with E-state index in [0.29, 0.717) is 11.8 Å². The third-order valence-corrected chi connectivity index (χ3v) is 4.22. The van der Waals surface area contributed by atoms with Crippen LogP contribution in [-0.2, 0) is 11.2 Å². The van der Waals surface area contributed by atoms with E-state index in [0.717, 1.165) is 37.6 Å². The molecule has 0 saturated heterocycles. The molecule has 1 N–H and O–H groups in total. The maximum Gasteiger partial charge on any atom is 0.123 e. The molecule has 0 radical (unpaired) electrons. The average Bonchev–Trinajstić information content (AvgIpc) is 3.25. The average molecular weight is 279 g/mol. The molecular formula is C17H26FNO. The summed E-state index contributed by atoms with van der Waals surface area (Å²) in [6.07, 6.45) is 4.60. The summed E-state index contributed by atoms with van der Waals surface area (Å²) in [5, 5.41) is 3.61. The van der Waals surface area contributed by atoms with Crippen LogP contribution in [0, 0.1) is 17.7 Å². The van der Waals surface area contributed by atoms with Gasteiger partial charge in [0, 0.05) is 19.8 Å². The van der Waals surface area contributed by atoms with E-state index in [2.05, 4.69) is 12.2 Å². The summed E-state index contributed by atoms with van der Waals surface area (Å²) >= 11 is 0. The van der Waals surface area contributed by atoms with Crippen LogP contribution in [0.25, 0.3) is 0 Å². The van der Waals surface area contributed by atoms with Crippen molar-refractivity contribution < 1.29 is 9.13 Å². The van der Waals surface area contributed by atoms with E-state index in [4.69, 9.17) is 4.74 Å². The van der Waals surface area contributed by atoms with E-state index >= 15 is 0 Å². The van der Waals surface area contributed by atoms with Crippen molar-refractivity contribution in [1.29, 1.82) is 0 Å². The lowest BCUT2D eigenvalue weighted by atomic mass is 9.86. The summed E-state index contributed by atoms with van der Waals surface area (Å²) in [6.45, 7) is 4.09. The predicted octanol–water partition coefficient (Wildman–Crippen LogP) is 3.41. The first-order chi connectivity index (χ1) is 9.69. The highest BCUT2D eigenvalue weighted by Gasteiger charge is 2.24. The molecular weight excluding hydrogens is 253 g/mol. The minimum absolute atomic E-state index is 0.138. The zero-order valence-electron chi connectivity index (χ0n) is 12.6. The van der Waals surface area contributed by atoms with E-state index < -0.39 is 0 Å². The molecule has 2 unspecified atom stereocenters. The van der Waals surface area contributed by atoms with Crippen molar-refractivity contribution in [3.8, 4) is 0 Å². The van der Waals surface area contributed by atoms with Crippen LogP contribution in [-0.4, -0.2) is 26.3 Å². The van der Waals surface area contributed by atoms with Gasteiger partial charge in [0.15, 0.2) is 0 Å². The number of ether oxygens (including phenoxy) is 1. The third kappa shape index (κ3) is 5.22. The van der Waals surface area contributed by atoms with Gasteiger partial charge in [-0.15, -0.1) is 0 Å². The van der Waals surface area contributed by atoms with Crippen LogP contribution < -0.4 is 5.32 Å². The van der Waals surface area contributed by atoms with Crippen molar-refractivity contribution in [2.45, 2.75) is 38.6 Å². The van der Waals surface area contributed by atoms with E-state index in [1.54, 1.807) is 19.2 Å². The Kier molecular flexibility index (Phi) is 5.99. The second kappa shape index (κ2) is 7.75. The number of nitrogens with one attached hydrogen (secondary N) is 1.